The molecular weight excluding hydrogens is 203 g/mol. The van der Waals surface area contributed by atoms with Crippen LogP contribution in [-0.4, -0.2) is 34.1 Å². The van der Waals surface area contributed by atoms with Crippen molar-refractivity contribution in [2.24, 2.45) is 5.73 Å². The van der Waals surface area contributed by atoms with Gasteiger partial charge in [0.2, 0.25) is 0 Å². The van der Waals surface area contributed by atoms with Gasteiger partial charge in [-0.2, -0.15) is 0 Å². The lowest BCUT2D eigenvalue weighted by Crippen LogP contribution is -2.27. The van der Waals surface area contributed by atoms with Crippen molar-refractivity contribution in [1.29, 1.82) is 0 Å². The fraction of sp³-hybridized carbons (Fsp3) is 0.333. The van der Waals surface area contributed by atoms with Crippen LogP contribution in [0.15, 0.2) is 12.3 Å². The highest BCUT2D eigenvalue weighted by Gasteiger charge is 2.19. The van der Waals surface area contributed by atoms with E-state index in [0.29, 0.717) is 6.29 Å². The molecule has 0 aromatic carbocycles. The second-order valence-corrected chi connectivity index (χ2v) is 3.00. The Kier molecular flexibility index (Phi) is 3.84. The van der Waals surface area contributed by atoms with Gasteiger partial charge in [-0.15, -0.1) is 0 Å². The van der Waals surface area contributed by atoms with E-state index in [1.165, 1.54) is 0 Å². The van der Waals surface area contributed by atoms with Crippen molar-refractivity contribution in [2.75, 3.05) is 6.54 Å². The number of nitrogens with zero attached hydrogens (tertiary/aromatic N) is 1. The van der Waals surface area contributed by atoms with Gasteiger partial charge in [-0.3, -0.25) is 9.78 Å². The smallest absolute Gasteiger partial charge is 0.153 e. The molecule has 0 saturated heterocycles. The van der Waals surface area contributed by atoms with Gasteiger partial charge in [0.25, 0.3) is 0 Å². The molecular formula is C9H11FN2O3. The summed E-state index contributed by atoms with van der Waals surface area (Å²) in [7, 11) is 0. The van der Waals surface area contributed by atoms with Crippen molar-refractivity contribution < 1.29 is 19.4 Å². The standard InChI is InChI=1S/C9H11FN2O3/c10-6-3-12-7(1-5(6)4-13)9(15)8(14)2-11/h1,3-4,8-9,14-15H,2,11H2. The van der Waals surface area contributed by atoms with Crippen LogP contribution in [0, 0.1) is 5.82 Å². The minimum atomic E-state index is -1.32. The van der Waals surface area contributed by atoms with E-state index in [1.807, 2.05) is 0 Å². The number of rotatable bonds is 4. The molecule has 2 unspecified atom stereocenters. The molecule has 0 aliphatic heterocycles. The molecule has 0 aliphatic carbocycles. The molecule has 0 radical (unpaired) electrons. The van der Waals surface area contributed by atoms with Gasteiger partial charge < -0.3 is 15.9 Å². The molecule has 0 spiro atoms. The number of aliphatic hydroxyl groups is 2. The number of aldehydes is 1. The van der Waals surface area contributed by atoms with Crippen molar-refractivity contribution in [3.05, 3.63) is 29.3 Å². The fourth-order valence-electron chi connectivity index (χ4n) is 1.05. The number of halogens is 1. The lowest BCUT2D eigenvalue weighted by Gasteiger charge is -2.15. The Labute approximate surface area is 85.4 Å². The highest BCUT2D eigenvalue weighted by molar-refractivity contribution is 5.75. The second-order valence-electron chi connectivity index (χ2n) is 3.00. The summed E-state index contributed by atoms with van der Waals surface area (Å²) in [6, 6.07) is 1.08. The highest BCUT2D eigenvalue weighted by atomic mass is 19.1. The highest BCUT2D eigenvalue weighted by Crippen LogP contribution is 2.16. The maximum Gasteiger partial charge on any atom is 0.153 e. The number of aliphatic hydroxyl groups excluding tert-OH is 2. The summed E-state index contributed by atoms with van der Waals surface area (Å²) in [6.07, 6.45) is -1.40. The summed E-state index contributed by atoms with van der Waals surface area (Å²) in [6.45, 7) is -0.156. The Balaban J connectivity index is 3.00. The Morgan fingerprint density at radius 3 is 2.80 bits per heavy atom. The van der Waals surface area contributed by atoms with E-state index in [0.717, 1.165) is 12.3 Å². The second kappa shape index (κ2) is 4.92. The normalized spacial score (nSPS) is 14.7. The SMILES string of the molecule is NCC(O)C(O)c1cc(C=O)c(F)cn1. The first kappa shape index (κ1) is 11.7. The average Bonchev–Trinajstić information content (AvgIpc) is 2.27. The minimum absolute atomic E-state index is 0.0106. The third-order valence-electron chi connectivity index (χ3n) is 1.94. The first-order valence-electron chi connectivity index (χ1n) is 4.27. The summed E-state index contributed by atoms with van der Waals surface area (Å²) in [4.78, 5) is 14.0. The summed E-state index contributed by atoms with van der Waals surface area (Å²) in [5, 5.41) is 18.7. The van der Waals surface area contributed by atoms with Gasteiger partial charge in [0.1, 0.15) is 6.10 Å². The predicted molar refractivity (Wildman–Crippen MR) is 49.6 cm³/mol. The Bertz CT molecular complexity index is 359. The zero-order valence-corrected chi connectivity index (χ0v) is 7.80. The van der Waals surface area contributed by atoms with Crippen molar-refractivity contribution in [2.45, 2.75) is 12.2 Å². The first-order valence-corrected chi connectivity index (χ1v) is 4.27. The number of carbonyl (C=O) groups excluding carboxylic acids is 1. The fourth-order valence-corrected chi connectivity index (χ4v) is 1.05. The van der Waals surface area contributed by atoms with Crippen LogP contribution < -0.4 is 5.73 Å². The van der Waals surface area contributed by atoms with Crippen molar-refractivity contribution in [1.82, 2.24) is 4.98 Å². The van der Waals surface area contributed by atoms with Gasteiger partial charge in [0.15, 0.2) is 12.1 Å². The Morgan fingerprint density at radius 2 is 2.27 bits per heavy atom. The number of carbonyl (C=O) groups is 1. The topological polar surface area (TPSA) is 96.4 Å². The van der Waals surface area contributed by atoms with Gasteiger partial charge in [0.05, 0.1) is 23.6 Å². The summed E-state index contributed by atoms with van der Waals surface area (Å²) in [5.41, 5.74) is 4.92. The quantitative estimate of drug-likeness (QED) is 0.581. The van der Waals surface area contributed by atoms with Gasteiger partial charge in [-0.1, -0.05) is 0 Å². The molecule has 1 heterocycles. The molecule has 4 N–H and O–H groups in total. The van der Waals surface area contributed by atoms with Crippen LogP contribution in [0.4, 0.5) is 4.39 Å². The molecule has 2 atom stereocenters. The molecule has 0 amide bonds. The monoisotopic (exact) mass is 214 g/mol. The van der Waals surface area contributed by atoms with E-state index in [2.05, 4.69) is 4.98 Å². The average molecular weight is 214 g/mol. The number of hydrogen-bond donors (Lipinski definition) is 3. The van der Waals surface area contributed by atoms with E-state index < -0.39 is 18.0 Å². The van der Waals surface area contributed by atoms with Crippen molar-refractivity contribution in [3.63, 3.8) is 0 Å². The van der Waals surface area contributed by atoms with E-state index in [4.69, 9.17) is 5.73 Å². The zero-order valence-electron chi connectivity index (χ0n) is 7.80. The summed E-state index contributed by atoms with van der Waals surface area (Å²) in [5.74, 6) is -0.775. The number of hydrogen-bond acceptors (Lipinski definition) is 5. The molecule has 0 saturated carbocycles. The first-order chi connectivity index (χ1) is 7.10. The maximum absolute atomic E-state index is 12.9. The predicted octanol–water partition coefficient (Wildman–Crippen LogP) is -0.614. The Hall–Kier alpha value is -1.37. The third kappa shape index (κ3) is 2.56. The minimum Gasteiger partial charge on any atom is -0.389 e. The summed E-state index contributed by atoms with van der Waals surface area (Å²) >= 11 is 0. The maximum atomic E-state index is 12.9. The van der Waals surface area contributed by atoms with Crippen LogP contribution in [0.3, 0.4) is 0 Å². The van der Waals surface area contributed by atoms with Crippen LogP contribution in [0.5, 0.6) is 0 Å². The zero-order chi connectivity index (χ0) is 11.4. The third-order valence-corrected chi connectivity index (χ3v) is 1.94. The molecule has 0 aliphatic rings. The van der Waals surface area contributed by atoms with Crippen LogP contribution in [-0.2, 0) is 0 Å². The Morgan fingerprint density at radius 1 is 1.60 bits per heavy atom. The molecule has 6 heteroatoms. The molecule has 82 valence electrons. The van der Waals surface area contributed by atoms with E-state index in [1.54, 1.807) is 0 Å². The number of pyridine rings is 1. The molecule has 5 nitrogen and oxygen atoms in total. The van der Waals surface area contributed by atoms with E-state index in [-0.39, 0.29) is 17.8 Å². The van der Waals surface area contributed by atoms with Crippen LogP contribution in [0.25, 0.3) is 0 Å². The number of nitrogens with two attached hydrogens (primary N) is 1. The molecule has 1 aromatic heterocycles. The van der Waals surface area contributed by atoms with Gasteiger partial charge in [0, 0.05) is 6.54 Å². The molecule has 1 aromatic rings. The van der Waals surface area contributed by atoms with Crippen LogP contribution in [0.2, 0.25) is 0 Å². The van der Waals surface area contributed by atoms with E-state index in [9.17, 15) is 19.4 Å². The molecule has 15 heavy (non-hydrogen) atoms. The van der Waals surface area contributed by atoms with Crippen LogP contribution >= 0.6 is 0 Å². The lowest BCUT2D eigenvalue weighted by atomic mass is 10.1. The van der Waals surface area contributed by atoms with Gasteiger partial charge >= 0.3 is 0 Å². The molecule has 0 bridgehead atoms. The van der Waals surface area contributed by atoms with Crippen molar-refractivity contribution in [3.8, 4) is 0 Å². The summed E-state index contributed by atoms with van der Waals surface area (Å²) < 4.78 is 12.9. The van der Waals surface area contributed by atoms with Crippen LogP contribution in [0.1, 0.15) is 22.2 Å². The number of aromatic nitrogens is 1. The lowest BCUT2D eigenvalue weighted by molar-refractivity contribution is 0.0216. The van der Waals surface area contributed by atoms with Crippen molar-refractivity contribution >= 4 is 6.29 Å². The molecule has 0 fully saturated rings. The largest absolute Gasteiger partial charge is 0.389 e. The van der Waals surface area contributed by atoms with Gasteiger partial charge in [-0.05, 0) is 6.07 Å². The molecule has 1 rings (SSSR count). The van der Waals surface area contributed by atoms with E-state index >= 15 is 0 Å². The van der Waals surface area contributed by atoms with Gasteiger partial charge in [-0.25, -0.2) is 4.39 Å².